The molecule has 2 amide bonds. The van der Waals surface area contributed by atoms with Gasteiger partial charge in [0.1, 0.15) is 6.61 Å². The van der Waals surface area contributed by atoms with Crippen molar-refractivity contribution in [3.63, 3.8) is 0 Å². The molecule has 2 atom stereocenters. The summed E-state index contributed by atoms with van der Waals surface area (Å²) in [6.45, 7) is 3.72. The number of nitrogens with zero attached hydrogens (tertiary/aromatic N) is 1. The number of imide groups is 1. The van der Waals surface area contributed by atoms with Crippen LogP contribution in [0.2, 0.25) is 0 Å². The zero-order valence-corrected chi connectivity index (χ0v) is 14.9. The maximum Gasteiger partial charge on any atom is 0.417 e. The Labute approximate surface area is 147 Å². The minimum Gasteiger partial charge on any atom is -0.460 e. The van der Waals surface area contributed by atoms with Gasteiger partial charge in [-0.05, 0) is 43.8 Å². The van der Waals surface area contributed by atoms with Crippen LogP contribution >= 0.6 is 28.1 Å². The number of carbonyl (C=O) groups is 2. The average Bonchev–Trinajstić information content (AvgIpc) is 2.99. The lowest BCUT2D eigenvalue weighted by Gasteiger charge is -2.29. The summed E-state index contributed by atoms with van der Waals surface area (Å²) >= 11 is 8.42. The number of ether oxygens (including phenoxy) is 2. The van der Waals surface area contributed by atoms with E-state index in [0.717, 1.165) is 14.9 Å². The Balaban J connectivity index is 1.90. The lowest BCUT2D eigenvalue weighted by molar-refractivity contribution is -0.134. The fourth-order valence-corrected chi connectivity index (χ4v) is 3.16. The minimum atomic E-state index is -0.770. The first-order chi connectivity index (χ1) is 10.8. The molecule has 2 heterocycles. The molecule has 0 aromatic heterocycles. The standard InChI is InChI=1S/C15H15BrN2O4S/c1-15(2)7-21-14(20)18(15)12(19)10-11(22-13(23)17-10)8-3-5-9(16)6-4-8/h3-6,10-11H,7H2,1-2H3,(H,17,23)/t10-,11+/m1/s1. The maximum atomic E-state index is 12.9. The summed E-state index contributed by atoms with van der Waals surface area (Å²) in [6.07, 6.45) is -1.23. The second-order valence-corrected chi connectivity index (χ2v) is 7.33. The van der Waals surface area contributed by atoms with E-state index in [1.807, 2.05) is 24.3 Å². The van der Waals surface area contributed by atoms with E-state index in [9.17, 15) is 9.59 Å². The Kier molecular flexibility index (Phi) is 4.05. The van der Waals surface area contributed by atoms with E-state index in [0.29, 0.717) is 0 Å². The fraction of sp³-hybridized carbons (Fsp3) is 0.400. The average molecular weight is 399 g/mol. The number of rotatable bonds is 2. The van der Waals surface area contributed by atoms with Crippen LogP contribution in [0, 0.1) is 0 Å². The SMILES string of the molecule is CC1(C)COC(=O)N1C(=O)[C@@H]1NC(=S)O[C@H]1c1ccc(Br)cc1. The van der Waals surface area contributed by atoms with E-state index in [2.05, 4.69) is 21.2 Å². The highest BCUT2D eigenvalue weighted by atomic mass is 79.9. The highest BCUT2D eigenvalue weighted by Gasteiger charge is 2.50. The van der Waals surface area contributed by atoms with Crippen LogP contribution < -0.4 is 5.32 Å². The summed E-state index contributed by atoms with van der Waals surface area (Å²) in [6, 6.07) is 6.63. The number of nitrogens with one attached hydrogen (secondary N) is 1. The first-order valence-electron chi connectivity index (χ1n) is 7.03. The number of hydrogen-bond acceptors (Lipinski definition) is 5. The molecule has 1 aromatic carbocycles. The molecule has 0 unspecified atom stereocenters. The van der Waals surface area contributed by atoms with E-state index in [1.165, 1.54) is 0 Å². The van der Waals surface area contributed by atoms with E-state index in [4.69, 9.17) is 21.7 Å². The Morgan fingerprint density at radius 2 is 2.04 bits per heavy atom. The first-order valence-corrected chi connectivity index (χ1v) is 8.23. The number of amides is 2. The van der Waals surface area contributed by atoms with Gasteiger partial charge >= 0.3 is 6.09 Å². The van der Waals surface area contributed by atoms with Crippen molar-refractivity contribution in [1.82, 2.24) is 10.2 Å². The monoisotopic (exact) mass is 398 g/mol. The predicted molar refractivity (Wildman–Crippen MR) is 89.8 cm³/mol. The van der Waals surface area contributed by atoms with Gasteiger partial charge in [-0.25, -0.2) is 9.69 Å². The number of hydrogen-bond donors (Lipinski definition) is 1. The molecule has 6 nitrogen and oxygen atoms in total. The molecule has 1 aromatic rings. The van der Waals surface area contributed by atoms with Crippen LogP contribution in [0.4, 0.5) is 4.79 Å². The molecular formula is C15H15BrN2O4S. The third-order valence-electron chi connectivity index (χ3n) is 3.83. The quantitative estimate of drug-likeness (QED) is 0.771. The van der Waals surface area contributed by atoms with E-state index in [-0.39, 0.29) is 11.8 Å². The lowest BCUT2D eigenvalue weighted by Crippen LogP contribution is -2.53. The van der Waals surface area contributed by atoms with Gasteiger partial charge in [-0.15, -0.1) is 0 Å². The van der Waals surface area contributed by atoms with Gasteiger partial charge in [0.15, 0.2) is 12.1 Å². The van der Waals surface area contributed by atoms with Crippen molar-refractivity contribution in [1.29, 1.82) is 0 Å². The van der Waals surface area contributed by atoms with E-state index >= 15 is 0 Å². The van der Waals surface area contributed by atoms with Crippen LogP contribution in [0.5, 0.6) is 0 Å². The van der Waals surface area contributed by atoms with Crippen molar-refractivity contribution in [2.75, 3.05) is 6.61 Å². The van der Waals surface area contributed by atoms with Gasteiger partial charge in [0.2, 0.25) is 0 Å². The second-order valence-electron chi connectivity index (χ2n) is 6.04. The number of cyclic esters (lactones) is 1. The van der Waals surface area contributed by atoms with Crippen LogP contribution in [0.25, 0.3) is 0 Å². The molecule has 3 rings (SSSR count). The molecule has 0 bridgehead atoms. The van der Waals surface area contributed by atoms with Crippen LogP contribution in [-0.2, 0) is 14.3 Å². The van der Waals surface area contributed by atoms with Gasteiger partial charge in [-0.3, -0.25) is 4.79 Å². The summed E-state index contributed by atoms with van der Waals surface area (Å²) in [7, 11) is 0. The summed E-state index contributed by atoms with van der Waals surface area (Å²) in [4.78, 5) is 25.9. The highest BCUT2D eigenvalue weighted by molar-refractivity contribution is 9.10. The molecule has 0 spiro atoms. The largest absolute Gasteiger partial charge is 0.460 e. The molecule has 2 saturated heterocycles. The zero-order valence-electron chi connectivity index (χ0n) is 12.5. The van der Waals surface area contributed by atoms with Gasteiger partial charge in [0.05, 0.1) is 5.54 Å². The molecule has 2 aliphatic heterocycles. The number of halogens is 1. The van der Waals surface area contributed by atoms with Gasteiger partial charge < -0.3 is 14.8 Å². The number of benzene rings is 1. The fourth-order valence-electron chi connectivity index (χ4n) is 2.67. The maximum absolute atomic E-state index is 12.9. The molecule has 23 heavy (non-hydrogen) atoms. The van der Waals surface area contributed by atoms with Crippen LogP contribution in [-0.4, -0.2) is 40.3 Å². The molecule has 8 heteroatoms. The van der Waals surface area contributed by atoms with Crippen molar-refractivity contribution in [3.8, 4) is 0 Å². The normalized spacial score (nSPS) is 25.8. The summed E-state index contributed by atoms with van der Waals surface area (Å²) in [5, 5.41) is 2.99. The Bertz CT molecular complexity index is 677. The second kappa shape index (κ2) is 5.76. The van der Waals surface area contributed by atoms with Crippen molar-refractivity contribution < 1.29 is 19.1 Å². The zero-order chi connectivity index (χ0) is 16.8. The Hall–Kier alpha value is -1.67. The number of thiocarbonyl (C=S) groups is 1. The highest BCUT2D eigenvalue weighted by Crippen LogP contribution is 2.32. The van der Waals surface area contributed by atoms with Gasteiger partial charge in [-0.1, -0.05) is 28.1 Å². The third-order valence-corrected chi connectivity index (χ3v) is 4.57. The molecule has 1 N–H and O–H groups in total. The minimum absolute atomic E-state index is 0.140. The first kappa shape index (κ1) is 16.2. The molecule has 0 saturated carbocycles. The van der Waals surface area contributed by atoms with E-state index in [1.54, 1.807) is 13.8 Å². The molecule has 0 aliphatic carbocycles. The summed E-state index contributed by atoms with van der Waals surface area (Å²) in [5.41, 5.74) is 0.0916. The summed E-state index contributed by atoms with van der Waals surface area (Å²) < 4.78 is 11.5. The number of carbonyl (C=O) groups excluding carboxylic acids is 2. The van der Waals surface area contributed by atoms with E-state index < -0.39 is 29.7 Å². The molecule has 2 aliphatic rings. The van der Waals surface area contributed by atoms with Crippen molar-refractivity contribution in [2.24, 2.45) is 0 Å². The van der Waals surface area contributed by atoms with Crippen molar-refractivity contribution in [3.05, 3.63) is 34.3 Å². The lowest BCUT2D eigenvalue weighted by atomic mass is 9.99. The molecule has 0 radical (unpaired) electrons. The van der Waals surface area contributed by atoms with Gasteiger partial charge in [-0.2, -0.15) is 0 Å². The molecule has 2 fully saturated rings. The molecule has 122 valence electrons. The smallest absolute Gasteiger partial charge is 0.417 e. The molecular weight excluding hydrogens is 384 g/mol. The van der Waals surface area contributed by atoms with Gasteiger partial charge in [0, 0.05) is 4.47 Å². The Morgan fingerprint density at radius 1 is 1.39 bits per heavy atom. The van der Waals surface area contributed by atoms with Crippen molar-refractivity contribution in [2.45, 2.75) is 31.5 Å². The predicted octanol–water partition coefficient (Wildman–Crippen LogP) is 2.52. The van der Waals surface area contributed by atoms with Crippen LogP contribution in [0.15, 0.2) is 28.7 Å². The Morgan fingerprint density at radius 3 is 2.61 bits per heavy atom. The topological polar surface area (TPSA) is 67.9 Å². The van der Waals surface area contributed by atoms with Crippen molar-refractivity contribution >= 4 is 45.3 Å². The third kappa shape index (κ3) is 2.92. The van der Waals surface area contributed by atoms with Crippen LogP contribution in [0.3, 0.4) is 0 Å². The summed E-state index contributed by atoms with van der Waals surface area (Å²) in [5.74, 6) is -0.412. The van der Waals surface area contributed by atoms with Crippen LogP contribution in [0.1, 0.15) is 25.5 Å². The van der Waals surface area contributed by atoms with Gasteiger partial charge in [0.25, 0.3) is 11.1 Å².